The van der Waals surface area contributed by atoms with E-state index in [4.69, 9.17) is 18.9 Å². The first kappa shape index (κ1) is 18.1. The molecule has 4 heteroatoms. The number of ether oxygens (including phenoxy) is 4. The van der Waals surface area contributed by atoms with Crippen molar-refractivity contribution in [1.82, 2.24) is 0 Å². The Morgan fingerprint density at radius 2 is 0.958 bits per heavy atom. The second kappa shape index (κ2) is 8.13. The number of rotatable bonds is 6. The van der Waals surface area contributed by atoms with Gasteiger partial charge in [0.1, 0.15) is 0 Å². The second-order valence-electron chi connectivity index (χ2n) is 7.14. The molecule has 0 aliphatic heterocycles. The Morgan fingerprint density at radius 1 is 0.625 bits per heavy atom. The Hall–Kier alpha value is -0.680. The zero-order valence-electron chi connectivity index (χ0n) is 15.4. The molecule has 4 bridgehead atoms. The third-order valence-electron chi connectivity index (χ3n) is 5.90. The molecule has 8 atom stereocenters. The van der Waals surface area contributed by atoms with E-state index in [1.807, 2.05) is 0 Å². The van der Waals surface area contributed by atoms with Crippen molar-refractivity contribution in [3.05, 3.63) is 24.3 Å². The molecular weight excluding hydrogens is 304 g/mol. The summed E-state index contributed by atoms with van der Waals surface area (Å²) in [5, 5.41) is 0. The summed E-state index contributed by atoms with van der Waals surface area (Å²) in [6.45, 7) is 5.70. The van der Waals surface area contributed by atoms with Gasteiger partial charge in [0, 0.05) is 51.1 Å². The highest BCUT2D eigenvalue weighted by molar-refractivity contribution is 5.16. The van der Waals surface area contributed by atoms with Gasteiger partial charge in [-0.2, -0.15) is 0 Å². The van der Waals surface area contributed by atoms with E-state index in [1.165, 1.54) is 12.8 Å². The van der Waals surface area contributed by atoms with Crippen LogP contribution in [0.5, 0.6) is 0 Å². The Kier molecular flexibility index (Phi) is 6.14. The van der Waals surface area contributed by atoms with Crippen LogP contribution in [0.3, 0.4) is 0 Å². The predicted octanol–water partition coefficient (Wildman–Crippen LogP) is 3.22. The van der Waals surface area contributed by atoms with Crippen LogP contribution >= 0.6 is 0 Å². The molecule has 24 heavy (non-hydrogen) atoms. The molecule has 0 saturated heterocycles. The number of methoxy groups -OCH3 is 2. The topological polar surface area (TPSA) is 36.9 Å². The largest absolute Gasteiger partial charge is 0.378 e. The molecule has 136 valence electrons. The maximum absolute atomic E-state index is 5.73. The zero-order valence-corrected chi connectivity index (χ0v) is 15.4. The summed E-state index contributed by atoms with van der Waals surface area (Å²) in [5.74, 6) is 2.44. The van der Waals surface area contributed by atoms with E-state index < -0.39 is 0 Å². The van der Waals surface area contributed by atoms with Crippen molar-refractivity contribution >= 4 is 0 Å². The van der Waals surface area contributed by atoms with Gasteiger partial charge in [0.05, 0.1) is 24.4 Å². The fourth-order valence-electron chi connectivity index (χ4n) is 4.90. The van der Waals surface area contributed by atoms with Crippen molar-refractivity contribution in [1.29, 1.82) is 0 Å². The Bertz CT molecular complexity index is 423. The van der Waals surface area contributed by atoms with E-state index in [1.54, 1.807) is 14.2 Å². The van der Waals surface area contributed by atoms with Crippen LogP contribution in [-0.2, 0) is 18.9 Å². The second-order valence-corrected chi connectivity index (χ2v) is 7.14. The summed E-state index contributed by atoms with van der Waals surface area (Å²) < 4.78 is 22.2. The summed E-state index contributed by atoms with van der Waals surface area (Å²) in [4.78, 5) is 0. The zero-order chi connectivity index (χ0) is 17.1. The summed E-state index contributed by atoms with van der Waals surface area (Å²) >= 11 is 0. The molecule has 8 unspecified atom stereocenters. The average Bonchev–Trinajstić information content (AvgIpc) is 3.36. The van der Waals surface area contributed by atoms with Gasteiger partial charge in [-0.25, -0.2) is 0 Å². The quantitative estimate of drug-likeness (QED) is 0.698. The van der Waals surface area contributed by atoms with E-state index in [0.29, 0.717) is 48.1 Å². The lowest BCUT2D eigenvalue weighted by molar-refractivity contribution is -0.0711. The molecule has 0 aromatic heterocycles. The first-order valence-corrected chi connectivity index (χ1v) is 9.38. The van der Waals surface area contributed by atoms with Crippen LogP contribution < -0.4 is 0 Å². The lowest BCUT2D eigenvalue weighted by Gasteiger charge is -2.27. The van der Waals surface area contributed by atoms with E-state index in [2.05, 4.69) is 38.2 Å². The average molecular weight is 336 g/mol. The lowest BCUT2D eigenvalue weighted by atomic mass is 10.0. The molecule has 4 nitrogen and oxygen atoms in total. The molecule has 0 spiro atoms. The van der Waals surface area contributed by atoms with Crippen molar-refractivity contribution < 1.29 is 18.9 Å². The summed E-state index contributed by atoms with van der Waals surface area (Å²) in [5.41, 5.74) is 0. The van der Waals surface area contributed by atoms with Crippen LogP contribution in [0, 0.1) is 23.7 Å². The van der Waals surface area contributed by atoms with Gasteiger partial charge < -0.3 is 18.9 Å². The van der Waals surface area contributed by atoms with Gasteiger partial charge in [-0.15, -0.1) is 0 Å². The fourth-order valence-corrected chi connectivity index (χ4v) is 4.90. The molecule has 2 saturated carbocycles. The molecule has 0 aromatic carbocycles. The Morgan fingerprint density at radius 3 is 1.25 bits per heavy atom. The van der Waals surface area contributed by atoms with E-state index >= 15 is 0 Å². The number of hydrogen-bond donors (Lipinski definition) is 0. The van der Waals surface area contributed by atoms with Gasteiger partial charge in [-0.05, 0) is 26.7 Å². The minimum Gasteiger partial charge on any atom is -0.378 e. The van der Waals surface area contributed by atoms with Crippen LogP contribution in [0.1, 0.15) is 26.7 Å². The standard InChI is InChI=1S/C11H18O2.C9H14O2/c1-3-12-10-8-5-6-9(7-8)11(10)13-4-2;1-10-8-6-3-4-7(5-6)9(8)11-2/h5-6,8-11H,3-4,7H2,1-2H3;3-4,6-9H,5H2,1-2H3. The predicted molar refractivity (Wildman–Crippen MR) is 93.9 cm³/mol. The molecule has 0 amide bonds. The molecule has 0 heterocycles. The molecular formula is C20H32O4. The van der Waals surface area contributed by atoms with Crippen molar-refractivity contribution in [2.45, 2.75) is 51.1 Å². The highest BCUT2D eigenvalue weighted by Crippen LogP contribution is 2.43. The highest BCUT2D eigenvalue weighted by atomic mass is 16.5. The minimum absolute atomic E-state index is 0.301. The highest BCUT2D eigenvalue weighted by Gasteiger charge is 2.46. The normalized spacial score (nSPS) is 44.2. The van der Waals surface area contributed by atoms with Crippen molar-refractivity contribution in [2.75, 3.05) is 27.4 Å². The van der Waals surface area contributed by atoms with Crippen molar-refractivity contribution in [2.24, 2.45) is 23.7 Å². The first-order valence-electron chi connectivity index (χ1n) is 9.38. The molecule has 0 radical (unpaired) electrons. The van der Waals surface area contributed by atoms with Crippen LogP contribution in [0.2, 0.25) is 0 Å². The van der Waals surface area contributed by atoms with Gasteiger partial charge in [-0.3, -0.25) is 0 Å². The van der Waals surface area contributed by atoms with Gasteiger partial charge in [0.15, 0.2) is 0 Å². The number of fused-ring (bicyclic) bond motifs is 4. The monoisotopic (exact) mass is 336 g/mol. The van der Waals surface area contributed by atoms with Crippen molar-refractivity contribution in [3.8, 4) is 0 Å². The van der Waals surface area contributed by atoms with Gasteiger partial charge in [0.2, 0.25) is 0 Å². The molecule has 0 N–H and O–H groups in total. The van der Waals surface area contributed by atoms with E-state index in [9.17, 15) is 0 Å². The molecule has 2 fully saturated rings. The molecule has 0 aromatic rings. The Labute approximate surface area is 146 Å². The third-order valence-corrected chi connectivity index (χ3v) is 5.90. The van der Waals surface area contributed by atoms with E-state index in [-0.39, 0.29) is 0 Å². The van der Waals surface area contributed by atoms with Crippen molar-refractivity contribution in [3.63, 3.8) is 0 Å². The minimum atomic E-state index is 0.301. The molecule has 4 rings (SSSR count). The van der Waals surface area contributed by atoms with Gasteiger partial charge in [-0.1, -0.05) is 24.3 Å². The van der Waals surface area contributed by atoms with Crippen LogP contribution in [0.4, 0.5) is 0 Å². The van der Waals surface area contributed by atoms with Crippen LogP contribution in [0.25, 0.3) is 0 Å². The van der Waals surface area contributed by atoms with Gasteiger partial charge >= 0.3 is 0 Å². The fraction of sp³-hybridized carbons (Fsp3) is 0.800. The summed E-state index contributed by atoms with van der Waals surface area (Å²) in [6, 6.07) is 0. The van der Waals surface area contributed by atoms with E-state index in [0.717, 1.165) is 13.2 Å². The lowest BCUT2D eigenvalue weighted by Crippen LogP contribution is -2.35. The van der Waals surface area contributed by atoms with Crippen LogP contribution in [0.15, 0.2) is 24.3 Å². The first-order chi connectivity index (χ1) is 11.7. The molecule has 4 aliphatic rings. The maximum atomic E-state index is 5.73. The third kappa shape index (κ3) is 3.34. The summed E-state index contributed by atoms with van der Waals surface area (Å²) in [6.07, 6.45) is 12.8. The van der Waals surface area contributed by atoms with Gasteiger partial charge in [0.25, 0.3) is 0 Å². The smallest absolute Gasteiger partial charge is 0.0904 e. The van der Waals surface area contributed by atoms with Crippen LogP contribution in [-0.4, -0.2) is 51.8 Å². The summed E-state index contributed by atoms with van der Waals surface area (Å²) in [7, 11) is 3.54. The molecule has 4 aliphatic carbocycles. The Balaban J connectivity index is 0.000000143. The maximum Gasteiger partial charge on any atom is 0.0904 e. The number of hydrogen-bond acceptors (Lipinski definition) is 4. The SMILES string of the molecule is CCOC1C2C=CC(C2)C1OCC.COC1C2C=CC(C2)C1OC.